The van der Waals surface area contributed by atoms with E-state index in [1.54, 1.807) is 0 Å². The van der Waals surface area contributed by atoms with Gasteiger partial charge in [0.25, 0.3) is 0 Å². The Morgan fingerprint density at radius 3 is 3.31 bits per heavy atom. The van der Waals surface area contributed by atoms with Gasteiger partial charge in [0.05, 0.1) is 11.9 Å². The molecule has 2 heteroatoms. The Morgan fingerprint density at radius 2 is 2.38 bits per heavy atom. The zero-order valence-electron chi connectivity index (χ0n) is 7.39. The van der Waals surface area contributed by atoms with E-state index in [0.717, 1.165) is 12.1 Å². The molecule has 0 saturated carbocycles. The normalized spacial score (nSPS) is 12.7. The number of H-pyrrole nitrogens is 1. The molecule has 1 N–H and O–H groups in total. The van der Waals surface area contributed by atoms with Crippen LogP contribution in [0.3, 0.4) is 0 Å². The van der Waals surface area contributed by atoms with Crippen molar-refractivity contribution in [3.63, 3.8) is 0 Å². The number of aromatic amines is 1. The van der Waals surface area contributed by atoms with Crippen LogP contribution >= 0.6 is 0 Å². The quantitative estimate of drug-likeness (QED) is 0.548. The highest BCUT2D eigenvalue weighted by molar-refractivity contribution is 5.74. The third-order valence-corrected chi connectivity index (χ3v) is 2.68. The van der Waals surface area contributed by atoms with E-state index in [4.69, 9.17) is 0 Å². The van der Waals surface area contributed by atoms with Gasteiger partial charge in [0.15, 0.2) is 0 Å². The summed E-state index contributed by atoms with van der Waals surface area (Å²) in [6, 6.07) is 6.36. The lowest BCUT2D eigenvalue weighted by molar-refractivity contribution is 1.08. The molecule has 2 aromatic rings. The van der Waals surface area contributed by atoms with Crippen LogP contribution in [0.2, 0.25) is 0 Å². The molecule has 0 saturated heterocycles. The first-order valence-electron chi connectivity index (χ1n) is 4.40. The van der Waals surface area contributed by atoms with E-state index < -0.39 is 0 Å². The van der Waals surface area contributed by atoms with Crippen molar-refractivity contribution in [2.75, 3.05) is 0 Å². The van der Waals surface area contributed by atoms with Crippen molar-refractivity contribution in [2.45, 2.75) is 13.3 Å². The van der Waals surface area contributed by atoms with Crippen molar-refractivity contribution in [3.8, 4) is 11.3 Å². The second-order valence-electron chi connectivity index (χ2n) is 3.45. The largest absolute Gasteiger partial charge is 0.275 e. The fourth-order valence-electron chi connectivity index (χ4n) is 1.96. The number of fused-ring (bicyclic) bond motifs is 3. The summed E-state index contributed by atoms with van der Waals surface area (Å²) in [6.07, 6.45) is 4.04. The van der Waals surface area contributed by atoms with E-state index in [1.165, 1.54) is 22.3 Å². The molecule has 0 aliphatic heterocycles. The smallest absolute Gasteiger partial charge is 0.0966 e. The maximum Gasteiger partial charge on any atom is 0.0966 e. The molecule has 0 fully saturated rings. The van der Waals surface area contributed by atoms with E-state index in [2.05, 4.69) is 41.5 Å². The van der Waals surface area contributed by atoms with E-state index in [1.807, 2.05) is 0 Å². The number of hydrogen-bond acceptors (Lipinski definition) is 1. The van der Waals surface area contributed by atoms with Gasteiger partial charge in [0, 0.05) is 17.5 Å². The Morgan fingerprint density at radius 1 is 1.46 bits per heavy atom. The van der Waals surface area contributed by atoms with Crippen LogP contribution in [-0.2, 0) is 6.42 Å². The molecule has 1 aliphatic rings. The van der Waals surface area contributed by atoms with Crippen molar-refractivity contribution >= 4 is 0 Å². The van der Waals surface area contributed by atoms with Crippen LogP contribution in [0.1, 0.15) is 16.7 Å². The van der Waals surface area contributed by atoms with Crippen molar-refractivity contribution in [2.24, 2.45) is 0 Å². The van der Waals surface area contributed by atoms with Crippen LogP contribution in [0.25, 0.3) is 11.3 Å². The van der Waals surface area contributed by atoms with Gasteiger partial charge in [-0.05, 0) is 18.1 Å². The molecule has 1 aromatic heterocycles. The van der Waals surface area contributed by atoms with Gasteiger partial charge in [-0.2, -0.15) is 5.10 Å². The average molecular weight is 169 g/mol. The van der Waals surface area contributed by atoms with E-state index >= 15 is 0 Å². The summed E-state index contributed by atoms with van der Waals surface area (Å²) in [4.78, 5) is 0. The molecule has 1 aromatic carbocycles. The first-order chi connectivity index (χ1) is 6.36. The SMILES string of the molecule is Cc1cccc2c1Cc1[c][nH]nc1-2. The summed E-state index contributed by atoms with van der Waals surface area (Å²) >= 11 is 0. The zero-order chi connectivity index (χ0) is 8.84. The fraction of sp³-hybridized carbons (Fsp3) is 0.182. The topological polar surface area (TPSA) is 28.7 Å². The van der Waals surface area contributed by atoms with Crippen molar-refractivity contribution in [3.05, 3.63) is 41.1 Å². The lowest BCUT2D eigenvalue weighted by atomic mass is 10.0. The lowest BCUT2D eigenvalue weighted by Gasteiger charge is -2.01. The van der Waals surface area contributed by atoms with Crippen LogP contribution in [0.5, 0.6) is 0 Å². The van der Waals surface area contributed by atoms with Crippen LogP contribution in [-0.4, -0.2) is 10.2 Å². The van der Waals surface area contributed by atoms with Gasteiger partial charge >= 0.3 is 0 Å². The first kappa shape index (κ1) is 6.89. The Bertz CT molecular complexity index is 469. The van der Waals surface area contributed by atoms with Gasteiger partial charge in [-0.3, -0.25) is 5.10 Å². The molecule has 3 rings (SSSR count). The van der Waals surface area contributed by atoms with E-state index in [9.17, 15) is 0 Å². The number of nitrogens with one attached hydrogen (secondary N) is 1. The maximum atomic E-state index is 4.20. The second-order valence-corrected chi connectivity index (χ2v) is 3.45. The minimum Gasteiger partial charge on any atom is -0.275 e. The number of aryl methyl sites for hydroxylation is 1. The fourth-order valence-corrected chi connectivity index (χ4v) is 1.96. The number of aromatic nitrogens is 2. The molecule has 13 heavy (non-hydrogen) atoms. The van der Waals surface area contributed by atoms with Crippen molar-refractivity contribution < 1.29 is 0 Å². The minimum atomic E-state index is 0.980. The first-order valence-corrected chi connectivity index (χ1v) is 4.40. The highest BCUT2D eigenvalue weighted by Gasteiger charge is 2.21. The van der Waals surface area contributed by atoms with Gasteiger partial charge < -0.3 is 0 Å². The molecule has 1 heterocycles. The molecule has 0 atom stereocenters. The van der Waals surface area contributed by atoms with Gasteiger partial charge in [-0.15, -0.1) is 0 Å². The van der Waals surface area contributed by atoms with Gasteiger partial charge in [0.2, 0.25) is 0 Å². The summed E-state index contributed by atoms with van der Waals surface area (Å²) in [5.41, 5.74) is 6.31. The van der Waals surface area contributed by atoms with Crippen molar-refractivity contribution in [1.29, 1.82) is 0 Å². The van der Waals surface area contributed by atoms with Crippen LogP contribution in [0.4, 0.5) is 0 Å². The number of hydrogen-bond donors (Lipinski definition) is 1. The Labute approximate surface area is 76.6 Å². The van der Waals surface area contributed by atoms with Crippen molar-refractivity contribution in [1.82, 2.24) is 10.2 Å². The molecule has 0 bridgehead atoms. The molecule has 2 nitrogen and oxygen atoms in total. The van der Waals surface area contributed by atoms with Crippen LogP contribution in [0.15, 0.2) is 18.2 Å². The van der Waals surface area contributed by atoms with Crippen LogP contribution in [0, 0.1) is 13.1 Å². The average Bonchev–Trinajstić information content (AvgIpc) is 2.65. The lowest BCUT2D eigenvalue weighted by Crippen LogP contribution is -1.86. The summed E-state index contributed by atoms with van der Waals surface area (Å²) in [5.74, 6) is 0. The number of benzene rings is 1. The third kappa shape index (κ3) is 0.800. The third-order valence-electron chi connectivity index (χ3n) is 2.68. The molecular formula is C11H9N2. The summed E-state index contributed by atoms with van der Waals surface area (Å²) in [6.45, 7) is 2.15. The molecule has 63 valence electrons. The van der Waals surface area contributed by atoms with Crippen LogP contribution < -0.4 is 0 Å². The minimum absolute atomic E-state index is 0.980. The molecular weight excluding hydrogens is 160 g/mol. The molecule has 1 radical (unpaired) electrons. The maximum absolute atomic E-state index is 4.20. The predicted octanol–water partition coefficient (Wildman–Crippen LogP) is 2.09. The number of rotatable bonds is 0. The molecule has 0 unspecified atom stereocenters. The predicted molar refractivity (Wildman–Crippen MR) is 50.4 cm³/mol. The Balaban J connectivity index is 2.34. The molecule has 0 amide bonds. The summed E-state index contributed by atoms with van der Waals surface area (Å²) in [7, 11) is 0. The highest BCUT2D eigenvalue weighted by atomic mass is 15.1. The second kappa shape index (κ2) is 2.22. The molecule has 0 spiro atoms. The van der Waals surface area contributed by atoms with Gasteiger partial charge in [-0.25, -0.2) is 0 Å². The Hall–Kier alpha value is -1.57. The van der Waals surface area contributed by atoms with E-state index in [-0.39, 0.29) is 0 Å². The monoisotopic (exact) mass is 169 g/mol. The zero-order valence-corrected chi connectivity index (χ0v) is 7.39. The van der Waals surface area contributed by atoms with Gasteiger partial charge in [-0.1, -0.05) is 18.2 Å². The van der Waals surface area contributed by atoms with E-state index in [0.29, 0.717) is 0 Å². The summed E-state index contributed by atoms with van der Waals surface area (Å²) < 4.78 is 0. The molecule has 1 aliphatic carbocycles. The highest BCUT2D eigenvalue weighted by Crippen LogP contribution is 2.35. The number of nitrogens with zero attached hydrogens (tertiary/aromatic N) is 1. The van der Waals surface area contributed by atoms with Gasteiger partial charge in [0.1, 0.15) is 0 Å². The summed E-state index contributed by atoms with van der Waals surface area (Å²) in [5, 5.41) is 6.98. The Kier molecular flexibility index (Phi) is 1.18. The standard InChI is InChI=1S/C11H9N2/c1-7-3-2-4-9-10(7)5-8-6-12-13-11(8)9/h2-4H,5H2,1H3,(H,12,13).